The zero-order valence-corrected chi connectivity index (χ0v) is 14.1. The van der Waals surface area contributed by atoms with Gasteiger partial charge in [-0.1, -0.05) is 45.2 Å². The van der Waals surface area contributed by atoms with Gasteiger partial charge >= 0.3 is 0 Å². The molecule has 1 amide bonds. The number of carbonyl (C=O) groups excluding carboxylic acids is 1. The van der Waals surface area contributed by atoms with E-state index >= 15 is 0 Å². The lowest BCUT2D eigenvalue weighted by Crippen LogP contribution is -2.25. The van der Waals surface area contributed by atoms with Crippen molar-refractivity contribution in [3.8, 4) is 11.8 Å². The Labute approximate surface area is 139 Å². The van der Waals surface area contributed by atoms with Crippen molar-refractivity contribution in [1.82, 2.24) is 5.32 Å². The number of carbonyl (C=O) groups is 1. The van der Waals surface area contributed by atoms with Gasteiger partial charge in [-0.3, -0.25) is 4.79 Å². The Bertz CT molecular complexity index is 541. The minimum absolute atomic E-state index is 0.123. The molecule has 0 heterocycles. The summed E-state index contributed by atoms with van der Waals surface area (Å²) in [6, 6.07) is 9.39. The lowest BCUT2D eigenvalue weighted by atomic mass is 10.1. The van der Waals surface area contributed by atoms with Gasteiger partial charge in [-0.15, -0.1) is 0 Å². The summed E-state index contributed by atoms with van der Waals surface area (Å²) in [5.74, 6) is 0.491. The van der Waals surface area contributed by atoms with Crippen LogP contribution in [-0.4, -0.2) is 19.1 Å². The SMILES string of the molecule is CCCCCOc1ccc(/C=C(\C#N)C(=O)NCCCC)cc1. The van der Waals surface area contributed by atoms with Crippen molar-refractivity contribution in [2.24, 2.45) is 0 Å². The molecule has 1 aromatic rings. The highest BCUT2D eigenvalue weighted by molar-refractivity contribution is 6.01. The van der Waals surface area contributed by atoms with Gasteiger partial charge in [0.25, 0.3) is 5.91 Å². The van der Waals surface area contributed by atoms with Crippen LogP contribution < -0.4 is 10.1 Å². The third-order valence-corrected chi connectivity index (χ3v) is 3.39. The third kappa shape index (κ3) is 7.51. The van der Waals surface area contributed by atoms with Crippen LogP contribution in [0, 0.1) is 11.3 Å². The van der Waals surface area contributed by atoms with E-state index in [0.717, 1.165) is 30.6 Å². The largest absolute Gasteiger partial charge is 0.494 e. The first-order valence-corrected chi connectivity index (χ1v) is 8.34. The number of nitrogens with zero attached hydrogens (tertiary/aromatic N) is 1. The van der Waals surface area contributed by atoms with Crippen molar-refractivity contribution >= 4 is 12.0 Å². The van der Waals surface area contributed by atoms with E-state index in [4.69, 9.17) is 10.00 Å². The van der Waals surface area contributed by atoms with Crippen LogP contribution >= 0.6 is 0 Å². The monoisotopic (exact) mass is 314 g/mol. The molecule has 0 saturated carbocycles. The lowest BCUT2D eigenvalue weighted by Gasteiger charge is -2.06. The highest BCUT2D eigenvalue weighted by atomic mass is 16.5. The van der Waals surface area contributed by atoms with Crippen molar-refractivity contribution in [2.75, 3.05) is 13.2 Å². The normalized spacial score (nSPS) is 10.9. The number of hydrogen-bond donors (Lipinski definition) is 1. The summed E-state index contributed by atoms with van der Waals surface area (Å²) >= 11 is 0. The number of ether oxygens (including phenoxy) is 1. The maximum Gasteiger partial charge on any atom is 0.261 e. The zero-order chi connectivity index (χ0) is 16.9. The molecule has 1 rings (SSSR count). The van der Waals surface area contributed by atoms with Crippen LogP contribution in [0.25, 0.3) is 6.08 Å². The van der Waals surface area contributed by atoms with Gasteiger partial charge < -0.3 is 10.1 Å². The summed E-state index contributed by atoms with van der Waals surface area (Å²) in [6.45, 7) is 5.52. The van der Waals surface area contributed by atoms with Gasteiger partial charge in [-0.2, -0.15) is 5.26 Å². The minimum atomic E-state index is -0.319. The third-order valence-electron chi connectivity index (χ3n) is 3.39. The van der Waals surface area contributed by atoms with E-state index in [0.29, 0.717) is 13.2 Å². The summed E-state index contributed by atoms with van der Waals surface area (Å²) in [5.41, 5.74) is 0.936. The number of nitriles is 1. The molecular formula is C19H26N2O2. The molecular weight excluding hydrogens is 288 g/mol. The molecule has 0 fully saturated rings. The smallest absolute Gasteiger partial charge is 0.261 e. The van der Waals surface area contributed by atoms with Gasteiger partial charge in [0.15, 0.2) is 0 Å². The summed E-state index contributed by atoms with van der Waals surface area (Å²) in [4.78, 5) is 11.9. The van der Waals surface area contributed by atoms with Crippen LogP contribution in [0.1, 0.15) is 51.5 Å². The Morgan fingerprint density at radius 2 is 1.87 bits per heavy atom. The first kappa shape index (κ1) is 18.8. The predicted molar refractivity (Wildman–Crippen MR) is 93.0 cm³/mol. The van der Waals surface area contributed by atoms with Crippen LogP contribution in [0.3, 0.4) is 0 Å². The summed E-state index contributed by atoms with van der Waals surface area (Å²) in [5, 5.41) is 11.9. The molecule has 1 aromatic carbocycles. The highest BCUT2D eigenvalue weighted by Crippen LogP contribution is 2.15. The number of unbranched alkanes of at least 4 members (excludes halogenated alkanes) is 3. The second-order valence-electron chi connectivity index (χ2n) is 5.40. The standard InChI is InChI=1S/C19H26N2O2/c1-3-5-7-13-23-18-10-8-16(9-11-18)14-17(15-20)19(22)21-12-6-4-2/h8-11,14H,3-7,12-13H2,1-2H3,(H,21,22)/b17-14+. The Hall–Kier alpha value is -2.28. The molecule has 0 spiro atoms. The van der Waals surface area contributed by atoms with E-state index in [2.05, 4.69) is 19.2 Å². The molecule has 0 saturated heterocycles. The average molecular weight is 314 g/mol. The number of amides is 1. The molecule has 23 heavy (non-hydrogen) atoms. The second-order valence-corrected chi connectivity index (χ2v) is 5.40. The van der Waals surface area contributed by atoms with Gasteiger partial charge in [0.2, 0.25) is 0 Å². The van der Waals surface area contributed by atoms with E-state index < -0.39 is 0 Å². The predicted octanol–water partition coefficient (Wildman–Crippen LogP) is 4.08. The Morgan fingerprint density at radius 1 is 1.17 bits per heavy atom. The topological polar surface area (TPSA) is 62.1 Å². The van der Waals surface area contributed by atoms with Crippen LogP contribution in [0.5, 0.6) is 5.75 Å². The van der Waals surface area contributed by atoms with Crippen molar-refractivity contribution in [1.29, 1.82) is 5.26 Å². The summed E-state index contributed by atoms with van der Waals surface area (Å²) < 4.78 is 5.64. The Balaban J connectivity index is 2.59. The molecule has 1 N–H and O–H groups in total. The van der Waals surface area contributed by atoms with Gasteiger partial charge in [-0.05, 0) is 36.6 Å². The molecule has 0 atom stereocenters. The van der Waals surface area contributed by atoms with Gasteiger partial charge in [-0.25, -0.2) is 0 Å². The number of hydrogen-bond acceptors (Lipinski definition) is 3. The van der Waals surface area contributed by atoms with Crippen molar-refractivity contribution in [3.63, 3.8) is 0 Å². The number of nitrogens with one attached hydrogen (secondary N) is 1. The summed E-state index contributed by atoms with van der Waals surface area (Å²) in [6.07, 6.45) is 6.90. The van der Waals surface area contributed by atoms with Crippen LogP contribution in [-0.2, 0) is 4.79 Å². The molecule has 124 valence electrons. The number of benzene rings is 1. The molecule has 0 unspecified atom stereocenters. The average Bonchev–Trinajstić information content (AvgIpc) is 2.58. The molecule has 0 aliphatic rings. The fourth-order valence-electron chi connectivity index (χ4n) is 1.99. The molecule has 0 bridgehead atoms. The molecule has 0 aliphatic carbocycles. The molecule has 4 heteroatoms. The van der Waals surface area contributed by atoms with Crippen LogP contribution in [0.4, 0.5) is 0 Å². The first-order chi connectivity index (χ1) is 11.2. The van der Waals surface area contributed by atoms with Crippen molar-refractivity contribution < 1.29 is 9.53 Å². The summed E-state index contributed by atoms with van der Waals surface area (Å²) in [7, 11) is 0. The molecule has 4 nitrogen and oxygen atoms in total. The van der Waals surface area contributed by atoms with Gasteiger partial charge in [0.05, 0.1) is 6.61 Å². The molecule has 0 radical (unpaired) electrons. The van der Waals surface area contributed by atoms with Gasteiger partial charge in [0, 0.05) is 6.54 Å². The quantitative estimate of drug-likeness (QED) is 0.402. The zero-order valence-electron chi connectivity index (χ0n) is 14.1. The van der Waals surface area contributed by atoms with Crippen molar-refractivity contribution in [3.05, 3.63) is 35.4 Å². The van der Waals surface area contributed by atoms with Crippen LogP contribution in [0.15, 0.2) is 29.8 Å². The Kier molecular flexibility index (Phi) is 9.23. The number of rotatable bonds is 10. The fraction of sp³-hybridized carbons (Fsp3) is 0.474. The van der Waals surface area contributed by atoms with E-state index in [9.17, 15) is 4.79 Å². The molecule has 0 aromatic heterocycles. The van der Waals surface area contributed by atoms with E-state index in [1.807, 2.05) is 30.3 Å². The minimum Gasteiger partial charge on any atom is -0.494 e. The van der Waals surface area contributed by atoms with Crippen LogP contribution in [0.2, 0.25) is 0 Å². The molecule has 0 aliphatic heterocycles. The van der Waals surface area contributed by atoms with Crippen molar-refractivity contribution in [2.45, 2.75) is 46.0 Å². The van der Waals surface area contributed by atoms with E-state index in [-0.39, 0.29) is 11.5 Å². The fourth-order valence-corrected chi connectivity index (χ4v) is 1.99. The van der Waals surface area contributed by atoms with E-state index in [1.54, 1.807) is 6.08 Å². The highest BCUT2D eigenvalue weighted by Gasteiger charge is 2.07. The first-order valence-electron chi connectivity index (χ1n) is 8.34. The lowest BCUT2D eigenvalue weighted by molar-refractivity contribution is -0.117. The van der Waals surface area contributed by atoms with Gasteiger partial charge in [0.1, 0.15) is 17.4 Å². The second kappa shape index (κ2) is 11.3. The Morgan fingerprint density at radius 3 is 2.48 bits per heavy atom. The van der Waals surface area contributed by atoms with E-state index in [1.165, 1.54) is 12.8 Å². The maximum absolute atomic E-state index is 11.9. The maximum atomic E-state index is 11.9.